The Labute approximate surface area is 211 Å². The summed E-state index contributed by atoms with van der Waals surface area (Å²) in [6.07, 6.45) is 0. The van der Waals surface area contributed by atoms with Crippen LogP contribution in [0.4, 0.5) is 5.69 Å². The van der Waals surface area contributed by atoms with Gasteiger partial charge in [-0.25, -0.2) is 14.6 Å². The van der Waals surface area contributed by atoms with Crippen molar-refractivity contribution in [1.82, 2.24) is 51.0 Å². The molecule has 1 saturated heterocycles. The van der Waals surface area contributed by atoms with Gasteiger partial charge in [-0.2, -0.15) is 0 Å². The molecule has 2 aliphatic rings. The van der Waals surface area contributed by atoms with E-state index in [4.69, 9.17) is 0 Å². The molecule has 1 fully saturated rings. The summed E-state index contributed by atoms with van der Waals surface area (Å²) < 4.78 is 1.48. The van der Waals surface area contributed by atoms with Crippen LogP contribution in [-0.4, -0.2) is 98.1 Å². The van der Waals surface area contributed by atoms with Crippen molar-refractivity contribution in [2.45, 2.75) is 23.1 Å². The van der Waals surface area contributed by atoms with Gasteiger partial charge in [0.2, 0.25) is 11.1 Å². The minimum Gasteiger partial charge on any atom is -0.477 e. The van der Waals surface area contributed by atoms with Crippen LogP contribution in [0.1, 0.15) is 5.82 Å². The average Bonchev–Trinajstić information content (AvgIpc) is 3.57. The molecule has 2 atom stereocenters. The summed E-state index contributed by atoms with van der Waals surface area (Å²) in [6.45, 7) is 0.211. The predicted molar refractivity (Wildman–Crippen MR) is 126 cm³/mol. The number of carbonyl (C=O) groups excluding carboxylic acids is 2. The number of fused-ring (bicyclic) bond motifs is 1. The lowest BCUT2D eigenvalue weighted by Crippen LogP contribution is -2.71. The zero-order valence-corrected chi connectivity index (χ0v) is 20.1. The molecule has 4 N–H and O–H groups in total. The van der Waals surface area contributed by atoms with Gasteiger partial charge in [0.15, 0.2) is 5.82 Å². The maximum absolute atomic E-state index is 12.8. The Hall–Kier alpha value is -3.99. The van der Waals surface area contributed by atoms with Crippen molar-refractivity contribution in [3.05, 3.63) is 47.4 Å². The first-order valence-corrected chi connectivity index (χ1v) is 12.6. The van der Waals surface area contributed by atoms with Crippen LogP contribution in [0, 0.1) is 0 Å². The number of H-pyrrole nitrogens is 1. The highest BCUT2D eigenvalue weighted by Crippen LogP contribution is 2.41. The predicted octanol–water partition coefficient (Wildman–Crippen LogP) is -0.823. The molecule has 186 valence electrons. The molecule has 2 aromatic heterocycles. The second-order valence-corrected chi connectivity index (χ2v) is 9.74. The Morgan fingerprint density at radius 1 is 1.22 bits per heavy atom. The number of anilines is 1. The quantitative estimate of drug-likeness (QED) is 0.188. The summed E-state index contributed by atoms with van der Waals surface area (Å²) in [5, 5.41) is 40.5. The van der Waals surface area contributed by atoms with Gasteiger partial charge in [0.05, 0.1) is 6.54 Å². The first kappa shape index (κ1) is 23.7. The van der Waals surface area contributed by atoms with E-state index < -0.39 is 23.3 Å². The van der Waals surface area contributed by atoms with E-state index in [0.29, 0.717) is 22.3 Å². The molecule has 0 radical (unpaired) electrons. The number of rotatable bonds is 10. The van der Waals surface area contributed by atoms with Crippen LogP contribution in [0.2, 0.25) is 0 Å². The number of aromatic nitrogens is 8. The molecule has 2 amide bonds. The van der Waals surface area contributed by atoms with Crippen molar-refractivity contribution < 1.29 is 19.5 Å². The summed E-state index contributed by atoms with van der Waals surface area (Å²) in [6, 6.07) is 8.42. The summed E-state index contributed by atoms with van der Waals surface area (Å²) in [4.78, 5) is 38.6. The largest absolute Gasteiger partial charge is 0.477 e. The van der Waals surface area contributed by atoms with Gasteiger partial charge in [0.1, 0.15) is 23.7 Å². The number of amides is 2. The third kappa shape index (κ3) is 4.87. The summed E-state index contributed by atoms with van der Waals surface area (Å²) in [7, 11) is 0. The Morgan fingerprint density at radius 2 is 2.06 bits per heavy atom. The number of nitrogens with one attached hydrogen (secondary N) is 3. The van der Waals surface area contributed by atoms with Gasteiger partial charge in [-0.1, -0.05) is 30.0 Å². The van der Waals surface area contributed by atoms with Gasteiger partial charge in [-0.05, 0) is 38.6 Å². The van der Waals surface area contributed by atoms with E-state index in [1.54, 1.807) is 0 Å². The third-order valence-electron chi connectivity index (χ3n) is 5.36. The highest BCUT2D eigenvalue weighted by molar-refractivity contribution is 8.01. The first-order chi connectivity index (χ1) is 17.5. The van der Waals surface area contributed by atoms with Crippen LogP contribution in [0.25, 0.3) is 0 Å². The molecule has 0 bridgehead atoms. The maximum atomic E-state index is 12.8. The fourth-order valence-electron chi connectivity index (χ4n) is 3.70. The van der Waals surface area contributed by atoms with E-state index in [9.17, 15) is 19.5 Å². The number of carboxylic acid groups (broad SMARTS) is 1. The molecule has 1 unspecified atom stereocenters. The van der Waals surface area contributed by atoms with Crippen LogP contribution in [0.3, 0.4) is 0 Å². The van der Waals surface area contributed by atoms with Crippen LogP contribution in [-0.2, 0) is 20.9 Å². The van der Waals surface area contributed by atoms with E-state index in [-0.39, 0.29) is 30.4 Å². The number of nitrogens with zero attached hydrogens (tertiary/aromatic N) is 8. The number of carboxylic acids is 1. The SMILES string of the molecule is O=C(CNc1ccccc1)NC1C(=O)N2C(C(=O)O)=C(CSc3nnnn3Cc3nnn[nH]3)CS[C@H]12. The van der Waals surface area contributed by atoms with Crippen molar-refractivity contribution >= 4 is 47.0 Å². The number of para-hydroxylation sites is 1. The maximum Gasteiger partial charge on any atom is 0.352 e. The molecule has 3 aromatic rings. The fraction of sp³-hybridized carbons (Fsp3) is 0.316. The number of tetrazole rings is 2. The van der Waals surface area contributed by atoms with Gasteiger partial charge in [0, 0.05) is 17.2 Å². The van der Waals surface area contributed by atoms with E-state index in [1.807, 2.05) is 30.3 Å². The van der Waals surface area contributed by atoms with Crippen molar-refractivity contribution in [3.8, 4) is 0 Å². The van der Waals surface area contributed by atoms with Crippen molar-refractivity contribution in [3.63, 3.8) is 0 Å². The summed E-state index contributed by atoms with van der Waals surface area (Å²) in [5.74, 6) is -0.906. The number of hydrogen-bond donors (Lipinski definition) is 4. The number of hydrogen-bond acceptors (Lipinski definition) is 12. The van der Waals surface area contributed by atoms with Gasteiger partial charge >= 0.3 is 5.97 Å². The Balaban J connectivity index is 1.22. The number of thioether (sulfide) groups is 2. The molecule has 36 heavy (non-hydrogen) atoms. The zero-order valence-electron chi connectivity index (χ0n) is 18.4. The number of benzene rings is 1. The second kappa shape index (κ2) is 10.3. The monoisotopic (exact) mass is 529 g/mol. The molecule has 0 aliphatic carbocycles. The molecular weight excluding hydrogens is 510 g/mol. The van der Waals surface area contributed by atoms with Gasteiger partial charge in [0.25, 0.3) is 5.91 Å². The minimum atomic E-state index is -1.20. The molecule has 2 aliphatic heterocycles. The fourth-order valence-corrected chi connectivity index (χ4v) is 6.06. The van der Waals surface area contributed by atoms with Gasteiger partial charge in [-0.15, -0.1) is 22.0 Å². The van der Waals surface area contributed by atoms with Crippen LogP contribution in [0.15, 0.2) is 46.8 Å². The highest BCUT2D eigenvalue weighted by atomic mass is 32.2. The topological polar surface area (TPSA) is 197 Å². The Bertz CT molecular complexity index is 1300. The van der Waals surface area contributed by atoms with Gasteiger partial charge in [-0.3, -0.25) is 14.5 Å². The zero-order chi connectivity index (χ0) is 25.1. The van der Waals surface area contributed by atoms with Crippen LogP contribution in [0.5, 0.6) is 0 Å². The summed E-state index contributed by atoms with van der Waals surface area (Å²) in [5.41, 5.74) is 1.28. The summed E-state index contributed by atoms with van der Waals surface area (Å²) >= 11 is 2.64. The van der Waals surface area contributed by atoms with Gasteiger partial charge < -0.3 is 15.7 Å². The normalized spacial score (nSPS) is 19.0. The van der Waals surface area contributed by atoms with E-state index in [1.165, 1.54) is 33.1 Å². The highest BCUT2D eigenvalue weighted by Gasteiger charge is 2.54. The Kier molecular flexibility index (Phi) is 6.81. The molecule has 17 heteroatoms. The average molecular weight is 530 g/mol. The smallest absolute Gasteiger partial charge is 0.352 e. The lowest BCUT2D eigenvalue weighted by Gasteiger charge is -2.49. The first-order valence-electron chi connectivity index (χ1n) is 10.6. The molecule has 0 spiro atoms. The minimum absolute atomic E-state index is 0.00640. The second-order valence-electron chi connectivity index (χ2n) is 7.69. The molecule has 4 heterocycles. The molecule has 0 saturated carbocycles. The van der Waals surface area contributed by atoms with Crippen molar-refractivity contribution in [2.75, 3.05) is 23.4 Å². The molecule has 1 aromatic carbocycles. The van der Waals surface area contributed by atoms with E-state index in [0.717, 1.165) is 5.69 Å². The molecule has 5 rings (SSSR count). The lowest BCUT2D eigenvalue weighted by atomic mass is 10.0. The lowest BCUT2D eigenvalue weighted by molar-refractivity contribution is -0.150. The van der Waals surface area contributed by atoms with Crippen LogP contribution >= 0.6 is 23.5 Å². The number of β-lactam (4-membered cyclic amide) rings is 1. The standard InChI is InChI=1S/C19H19N11O4S2/c31-13(6-20-11-4-2-1-3-5-11)21-14-16(32)30-15(18(33)34)10(8-35-17(14)30)9-36-19-24-27-28-29(19)7-12-22-25-26-23-12/h1-5,14,17,20H,6-9H2,(H,21,31)(H,33,34)(H,22,23,25,26)/t14?,17-/m1/s1. The van der Waals surface area contributed by atoms with Crippen molar-refractivity contribution in [1.29, 1.82) is 0 Å². The number of aromatic amines is 1. The van der Waals surface area contributed by atoms with E-state index >= 15 is 0 Å². The van der Waals surface area contributed by atoms with Crippen LogP contribution < -0.4 is 10.6 Å². The van der Waals surface area contributed by atoms with Crippen molar-refractivity contribution in [2.24, 2.45) is 0 Å². The Morgan fingerprint density at radius 3 is 2.81 bits per heavy atom. The third-order valence-corrected chi connectivity index (χ3v) is 7.74. The van der Waals surface area contributed by atoms with E-state index in [2.05, 4.69) is 46.8 Å². The molecule has 15 nitrogen and oxygen atoms in total. The number of carbonyl (C=O) groups is 3. The number of aliphatic carboxylic acids is 1. The molecular formula is C19H19N11O4S2.